The van der Waals surface area contributed by atoms with Gasteiger partial charge in [0.05, 0.1) is 6.21 Å². The molecule has 0 spiro atoms. The number of hydrogen-bond donors (Lipinski definition) is 1. The van der Waals surface area contributed by atoms with Crippen LogP contribution in [0.25, 0.3) is 0 Å². The maximum atomic E-state index is 12.5. The number of carbonyl (C=O) groups excluding carboxylic acids is 1. The zero-order chi connectivity index (χ0) is 8.81. The Kier molecular flexibility index (Phi) is 2.95. The van der Waals surface area contributed by atoms with Crippen molar-refractivity contribution < 1.29 is 9.18 Å². The van der Waals surface area contributed by atoms with Crippen LogP contribution in [0, 0.1) is 5.82 Å². The third kappa shape index (κ3) is 2.49. The first-order valence-corrected chi connectivity index (χ1v) is 3.31. The fourth-order valence-electron chi connectivity index (χ4n) is 0.729. The first-order valence-electron chi connectivity index (χ1n) is 3.31. The van der Waals surface area contributed by atoms with Gasteiger partial charge in [-0.25, -0.2) is 9.82 Å². The second-order valence-corrected chi connectivity index (χ2v) is 2.06. The summed E-state index contributed by atoms with van der Waals surface area (Å²) >= 11 is 0. The van der Waals surface area contributed by atoms with Crippen molar-refractivity contribution in [1.82, 2.24) is 5.43 Å². The summed E-state index contributed by atoms with van der Waals surface area (Å²) in [6, 6.07) is 5.90. The first kappa shape index (κ1) is 8.39. The minimum atomic E-state index is -0.329. The van der Waals surface area contributed by atoms with Crippen LogP contribution in [0.1, 0.15) is 5.56 Å². The number of carbonyl (C=O) groups is 1. The van der Waals surface area contributed by atoms with Crippen molar-refractivity contribution in [1.29, 1.82) is 0 Å². The zero-order valence-electron chi connectivity index (χ0n) is 6.20. The molecule has 0 aliphatic carbocycles. The van der Waals surface area contributed by atoms with Gasteiger partial charge in [-0.05, 0) is 17.7 Å². The van der Waals surface area contributed by atoms with Gasteiger partial charge in [-0.3, -0.25) is 4.79 Å². The molecule has 4 heteroatoms. The molecule has 0 heterocycles. The monoisotopic (exact) mass is 166 g/mol. The highest BCUT2D eigenvalue weighted by Crippen LogP contribution is 1.99. The Labute approximate surface area is 68.9 Å². The van der Waals surface area contributed by atoms with Crippen LogP contribution >= 0.6 is 0 Å². The van der Waals surface area contributed by atoms with Gasteiger partial charge in [-0.1, -0.05) is 12.1 Å². The Balaban J connectivity index is 2.69. The van der Waals surface area contributed by atoms with Crippen LogP contribution in [0.3, 0.4) is 0 Å². The predicted octanol–water partition coefficient (Wildman–Crippen LogP) is 0.906. The number of rotatable bonds is 3. The van der Waals surface area contributed by atoms with Crippen LogP contribution in [-0.4, -0.2) is 12.6 Å². The Hall–Kier alpha value is -1.71. The largest absolute Gasteiger partial charge is 0.277 e. The molecule has 0 unspecified atom stereocenters. The number of nitrogens with one attached hydrogen (secondary N) is 1. The molecule has 1 aromatic carbocycles. The van der Waals surface area contributed by atoms with E-state index < -0.39 is 0 Å². The van der Waals surface area contributed by atoms with E-state index in [9.17, 15) is 9.18 Å². The number of nitrogens with zero attached hydrogens (tertiary/aromatic N) is 1. The van der Waals surface area contributed by atoms with Crippen LogP contribution in [0.4, 0.5) is 4.39 Å². The molecule has 1 amide bonds. The van der Waals surface area contributed by atoms with Crippen LogP contribution in [0.5, 0.6) is 0 Å². The quantitative estimate of drug-likeness (QED) is 0.404. The average molecular weight is 166 g/mol. The standard InChI is InChI=1S/C8H7FN2O/c9-8-3-1-2-7(4-8)5-10-11-6-12/h1-6H,(H,11,12)/b10-5+. The number of halogens is 1. The maximum absolute atomic E-state index is 12.5. The summed E-state index contributed by atoms with van der Waals surface area (Å²) in [6.07, 6.45) is 1.80. The second kappa shape index (κ2) is 4.23. The zero-order valence-corrected chi connectivity index (χ0v) is 6.20. The van der Waals surface area contributed by atoms with E-state index in [0.717, 1.165) is 0 Å². The first-order chi connectivity index (χ1) is 5.83. The molecule has 1 rings (SSSR count). The van der Waals surface area contributed by atoms with Crippen molar-refractivity contribution in [2.45, 2.75) is 0 Å². The third-order valence-electron chi connectivity index (χ3n) is 1.19. The van der Waals surface area contributed by atoms with E-state index in [0.29, 0.717) is 12.0 Å². The molecule has 0 aliphatic heterocycles. The van der Waals surface area contributed by atoms with Gasteiger partial charge >= 0.3 is 0 Å². The third-order valence-corrected chi connectivity index (χ3v) is 1.19. The molecule has 1 aromatic rings. The molecule has 0 saturated carbocycles. The fraction of sp³-hybridized carbons (Fsp3) is 0. The van der Waals surface area contributed by atoms with Crippen molar-refractivity contribution in [3.05, 3.63) is 35.6 Å². The molecule has 0 aliphatic rings. The Morgan fingerprint density at radius 2 is 2.33 bits per heavy atom. The van der Waals surface area contributed by atoms with Gasteiger partial charge in [-0.15, -0.1) is 0 Å². The van der Waals surface area contributed by atoms with Gasteiger partial charge in [0.2, 0.25) is 6.41 Å². The van der Waals surface area contributed by atoms with Gasteiger partial charge in [0.15, 0.2) is 0 Å². The van der Waals surface area contributed by atoms with Gasteiger partial charge in [-0.2, -0.15) is 5.10 Å². The summed E-state index contributed by atoms with van der Waals surface area (Å²) in [6.45, 7) is 0. The van der Waals surface area contributed by atoms with Gasteiger partial charge < -0.3 is 0 Å². The number of hydrazone groups is 1. The van der Waals surface area contributed by atoms with Crippen LogP contribution in [0.2, 0.25) is 0 Å². The number of benzene rings is 1. The average Bonchev–Trinajstić information content (AvgIpc) is 2.05. The molecule has 0 aromatic heterocycles. The maximum Gasteiger partial charge on any atom is 0.227 e. The smallest absolute Gasteiger partial charge is 0.227 e. The normalized spacial score (nSPS) is 10.1. The van der Waals surface area contributed by atoms with Crippen molar-refractivity contribution >= 4 is 12.6 Å². The van der Waals surface area contributed by atoms with Gasteiger partial charge in [0.1, 0.15) is 5.82 Å². The summed E-state index contributed by atoms with van der Waals surface area (Å²) in [5, 5.41) is 3.49. The highest BCUT2D eigenvalue weighted by molar-refractivity contribution is 5.79. The minimum absolute atomic E-state index is 0.329. The van der Waals surface area contributed by atoms with E-state index in [1.54, 1.807) is 12.1 Å². The second-order valence-electron chi connectivity index (χ2n) is 2.06. The summed E-state index contributed by atoms with van der Waals surface area (Å²) in [7, 11) is 0. The van der Waals surface area contributed by atoms with Crippen LogP contribution in [0.15, 0.2) is 29.4 Å². The molecule has 0 bridgehead atoms. The highest BCUT2D eigenvalue weighted by Gasteiger charge is 1.89. The number of amides is 1. The fourth-order valence-corrected chi connectivity index (χ4v) is 0.729. The summed E-state index contributed by atoms with van der Waals surface area (Å²) in [5.41, 5.74) is 2.68. The molecule has 3 nitrogen and oxygen atoms in total. The summed E-state index contributed by atoms with van der Waals surface area (Å²) in [4.78, 5) is 9.76. The lowest BCUT2D eigenvalue weighted by Crippen LogP contribution is -2.00. The lowest BCUT2D eigenvalue weighted by molar-refractivity contribution is -0.109. The molecule has 1 N–H and O–H groups in total. The van der Waals surface area contributed by atoms with Gasteiger partial charge in [0.25, 0.3) is 0 Å². The molecule has 0 fully saturated rings. The highest BCUT2D eigenvalue weighted by atomic mass is 19.1. The van der Waals surface area contributed by atoms with Crippen molar-refractivity contribution in [3.8, 4) is 0 Å². The molecule has 62 valence electrons. The lowest BCUT2D eigenvalue weighted by atomic mass is 10.2. The minimum Gasteiger partial charge on any atom is -0.277 e. The van der Waals surface area contributed by atoms with Crippen molar-refractivity contribution in [2.75, 3.05) is 0 Å². The summed E-state index contributed by atoms with van der Waals surface area (Å²) in [5.74, 6) is -0.329. The Morgan fingerprint density at radius 1 is 1.50 bits per heavy atom. The van der Waals surface area contributed by atoms with E-state index in [4.69, 9.17) is 0 Å². The SMILES string of the molecule is O=CN/N=C/c1cccc(F)c1. The Bertz CT molecular complexity index is 299. The van der Waals surface area contributed by atoms with E-state index in [-0.39, 0.29) is 5.82 Å². The van der Waals surface area contributed by atoms with Crippen molar-refractivity contribution in [3.63, 3.8) is 0 Å². The van der Waals surface area contributed by atoms with E-state index in [1.807, 2.05) is 0 Å². The predicted molar refractivity (Wildman–Crippen MR) is 43.2 cm³/mol. The molecule has 12 heavy (non-hydrogen) atoms. The van der Waals surface area contributed by atoms with E-state index in [2.05, 4.69) is 10.5 Å². The molecule has 0 radical (unpaired) electrons. The summed E-state index contributed by atoms with van der Waals surface area (Å²) < 4.78 is 12.5. The Morgan fingerprint density at radius 3 is 3.00 bits per heavy atom. The van der Waals surface area contributed by atoms with E-state index >= 15 is 0 Å². The molecule has 0 saturated heterocycles. The molecular formula is C8H7FN2O. The van der Waals surface area contributed by atoms with Crippen molar-refractivity contribution in [2.24, 2.45) is 5.10 Å². The molecular weight excluding hydrogens is 159 g/mol. The number of hydrogen-bond acceptors (Lipinski definition) is 2. The van der Waals surface area contributed by atoms with Crippen LogP contribution < -0.4 is 5.43 Å². The van der Waals surface area contributed by atoms with Crippen LogP contribution in [-0.2, 0) is 4.79 Å². The van der Waals surface area contributed by atoms with Gasteiger partial charge in [0, 0.05) is 0 Å². The molecule has 0 atom stereocenters. The van der Waals surface area contributed by atoms with E-state index in [1.165, 1.54) is 18.3 Å². The topological polar surface area (TPSA) is 41.5 Å². The lowest BCUT2D eigenvalue weighted by Gasteiger charge is -1.91.